The molecule has 48 heavy (non-hydrogen) atoms. The lowest BCUT2D eigenvalue weighted by Gasteiger charge is -2.30. The molecule has 0 bridgehead atoms. The fourth-order valence-corrected chi connectivity index (χ4v) is 6.02. The predicted octanol–water partition coefficient (Wildman–Crippen LogP) is 1.10. The Bertz CT molecular complexity index is 544. The molecular formula is C31H66O16Si. The van der Waals surface area contributed by atoms with Gasteiger partial charge < -0.3 is 74.9 Å². The molecule has 0 saturated heterocycles. The van der Waals surface area contributed by atoms with Crippen LogP contribution >= 0.6 is 0 Å². The summed E-state index contributed by atoms with van der Waals surface area (Å²) < 4.78 is 89.1. The Morgan fingerprint density at radius 1 is 0.250 bits per heavy atom. The first-order valence-electron chi connectivity index (χ1n) is 16.8. The van der Waals surface area contributed by atoms with Gasteiger partial charge in [0.2, 0.25) is 0 Å². The highest BCUT2D eigenvalue weighted by Gasteiger charge is 2.41. The van der Waals surface area contributed by atoms with Crippen molar-refractivity contribution in [2.24, 2.45) is 0 Å². The van der Waals surface area contributed by atoms with E-state index in [0.29, 0.717) is 178 Å². The third-order valence-electron chi connectivity index (χ3n) is 6.01. The zero-order valence-corrected chi connectivity index (χ0v) is 31.1. The zero-order valence-electron chi connectivity index (χ0n) is 30.1. The SMILES string of the molecule is COCCOCCOCCOCCC[Si](OCCOCCOCCOC)(OCCOCCOCCOC)OCCOCCOCCOC. The average molecular weight is 723 g/mol. The van der Waals surface area contributed by atoms with Crippen molar-refractivity contribution < 1.29 is 74.9 Å². The zero-order chi connectivity index (χ0) is 34.9. The summed E-state index contributed by atoms with van der Waals surface area (Å²) in [4.78, 5) is 0. The largest absolute Gasteiger partial charge is 0.501 e. The normalized spacial score (nSPS) is 12.0. The van der Waals surface area contributed by atoms with Crippen LogP contribution in [0.25, 0.3) is 0 Å². The van der Waals surface area contributed by atoms with E-state index in [-0.39, 0.29) is 0 Å². The summed E-state index contributed by atoms with van der Waals surface area (Å²) in [5, 5.41) is 0. The van der Waals surface area contributed by atoms with Crippen molar-refractivity contribution in [1.29, 1.82) is 0 Å². The molecule has 0 heterocycles. The summed E-state index contributed by atoms with van der Waals surface area (Å²) in [6.45, 7) is 11.5. The van der Waals surface area contributed by atoms with Crippen LogP contribution < -0.4 is 0 Å². The predicted molar refractivity (Wildman–Crippen MR) is 178 cm³/mol. The molecule has 16 nitrogen and oxygen atoms in total. The minimum absolute atomic E-state index is 0.299. The third kappa shape index (κ3) is 35.4. The van der Waals surface area contributed by atoms with Gasteiger partial charge in [-0.15, -0.1) is 0 Å². The molecule has 0 N–H and O–H groups in total. The summed E-state index contributed by atoms with van der Waals surface area (Å²) in [5.74, 6) is 0. The highest BCUT2D eigenvalue weighted by Crippen LogP contribution is 2.19. The standard InChI is InChI=1S/C31H66O16Si/c1-32-7-11-37-17-21-41-16-15-36-6-5-31-48(45-28-25-42-22-18-38-12-8-33-2,46-29-26-43-23-19-39-13-9-34-3)47-30-27-44-24-20-40-14-10-35-4/h5-31H2,1-4H3. The number of hydrogen-bond donors (Lipinski definition) is 0. The monoisotopic (exact) mass is 722 g/mol. The molecule has 0 aliphatic rings. The molecular weight excluding hydrogens is 656 g/mol. The van der Waals surface area contributed by atoms with Gasteiger partial charge in [0.15, 0.2) is 0 Å². The quantitative estimate of drug-likeness (QED) is 0.0653. The fourth-order valence-electron chi connectivity index (χ4n) is 3.58. The molecule has 290 valence electrons. The van der Waals surface area contributed by atoms with Crippen LogP contribution in [0.1, 0.15) is 6.42 Å². The van der Waals surface area contributed by atoms with E-state index in [2.05, 4.69) is 0 Å². The highest BCUT2D eigenvalue weighted by molar-refractivity contribution is 6.60. The van der Waals surface area contributed by atoms with Crippen LogP contribution in [-0.4, -0.2) is 202 Å². The van der Waals surface area contributed by atoms with Crippen LogP contribution in [0.4, 0.5) is 0 Å². The van der Waals surface area contributed by atoms with Gasteiger partial charge in [-0.1, -0.05) is 0 Å². The lowest BCUT2D eigenvalue weighted by Crippen LogP contribution is -2.48. The lowest BCUT2D eigenvalue weighted by atomic mass is 10.5. The maximum atomic E-state index is 6.34. The summed E-state index contributed by atoms with van der Waals surface area (Å²) in [6.07, 6.45) is 0.670. The molecule has 0 aromatic rings. The van der Waals surface area contributed by atoms with Crippen molar-refractivity contribution in [1.82, 2.24) is 0 Å². The Hall–Kier alpha value is -0.423. The Morgan fingerprint density at radius 2 is 0.458 bits per heavy atom. The first-order chi connectivity index (χ1) is 23.7. The topological polar surface area (TPSA) is 148 Å². The maximum absolute atomic E-state index is 6.34. The van der Waals surface area contributed by atoms with Gasteiger partial charge in [-0.25, -0.2) is 0 Å². The molecule has 0 aromatic heterocycles. The Labute approximate surface area is 289 Å². The molecule has 0 spiro atoms. The summed E-state index contributed by atoms with van der Waals surface area (Å²) in [7, 11) is 3.38. The Kier molecular flexibility index (Phi) is 40.6. The van der Waals surface area contributed by atoms with Gasteiger partial charge in [0.05, 0.1) is 159 Å². The third-order valence-corrected chi connectivity index (χ3v) is 8.91. The molecule has 17 heteroatoms. The van der Waals surface area contributed by atoms with E-state index in [1.54, 1.807) is 28.4 Å². The van der Waals surface area contributed by atoms with E-state index >= 15 is 0 Å². The second-order valence-corrected chi connectivity index (χ2v) is 12.5. The molecule has 0 aromatic carbocycles. The lowest BCUT2D eigenvalue weighted by molar-refractivity contribution is -0.0218. The Morgan fingerprint density at radius 3 is 0.708 bits per heavy atom. The molecule has 0 aliphatic heterocycles. The average Bonchev–Trinajstić information content (AvgIpc) is 3.10. The van der Waals surface area contributed by atoms with Crippen LogP contribution in [0.15, 0.2) is 0 Å². The van der Waals surface area contributed by atoms with Crippen LogP contribution in [0.3, 0.4) is 0 Å². The second kappa shape index (κ2) is 41.0. The van der Waals surface area contributed by atoms with Crippen LogP contribution in [0.2, 0.25) is 6.04 Å². The van der Waals surface area contributed by atoms with E-state index in [1.807, 2.05) is 0 Å². The van der Waals surface area contributed by atoms with Gasteiger partial charge in [0, 0.05) is 41.1 Å². The van der Waals surface area contributed by atoms with Crippen LogP contribution in [-0.2, 0) is 74.9 Å². The summed E-state index contributed by atoms with van der Waals surface area (Å²) >= 11 is 0. The van der Waals surface area contributed by atoms with Crippen LogP contribution in [0, 0.1) is 0 Å². The minimum Gasteiger partial charge on any atom is -0.382 e. The van der Waals surface area contributed by atoms with Crippen molar-refractivity contribution in [2.45, 2.75) is 12.5 Å². The second-order valence-electron chi connectivity index (χ2n) is 9.81. The van der Waals surface area contributed by atoms with Crippen LogP contribution in [0.5, 0.6) is 0 Å². The van der Waals surface area contributed by atoms with Gasteiger partial charge in [0.25, 0.3) is 0 Å². The molecule has 0 atom stereocenters. The van der Waals surface area contributed by atoms with Gasteiger partial charge >= 0.3 is 8.80 Å². The van der Waals surface area contributed by atoms with E-state index in [4.69, 9.17) is 74.9 Å². The minimum atomic E-state index is -3.17. The van der Waals surface area contributed by atoms with Crippen molar-refractivity contribution in [2.75, 3.05) is 194 Å². The first-order valence-corrected chi connectivity index (χ1v) is 18.7. The van der Waals surface area contributed by atoms with Gasteiger partial charge in [-0.3, -0.25) is 0 Å². The molecule has 0 unspecified atom stereocenters. The molecule has 0 fully saturated rings. The van der Waals surface area contributed by atoms with E-state index in [9.17, 15) is 0 Å². The Balaban J connectivity index is 4.83. The van der Waals surface area contributed by atoms with Crippen molar-refractivity contribution in [3.8, 4) is 0 Å². The van der Waals surface area contributed by atoms with Gasteiger partial charge in [0.1, 0.15) is 0 Å². The molecule has 0 rings (SSSR count). The highest BCUT2D eigenvalue weighted by atomic mass is 28.4. The molecule has 0 amide bonds. The van der Waals surface area contributed by atoms with Gasteiger partial charge in [-0.2, -0.15) is 0 Å². The molecule has 0 radical (unpaired) electrons. The van der Waals surface area contributed by atoms with Crippen molar-refractivity contribution in [3.05, 3.63) is 0 Å². The number of ether oxygens (including phenoxy) is 13. The number of methoxy groups -OCH3 is 4. The van der Waals surface area contributed by atoms with Crippen molar-refractivity contribution >= 4 is 8.80 Å². The maximum Gasteiger partial charge on any atom is 0.501 e. The fraction of sp³-hybridized carbons (Fsp3) is 1.00. The molecule has 0 aliphatic carbocycles. The number of hydrogen-bond acceptors (Lipinski definition) is 16. The van der Waals surface area contributed by atoms with E-state index in [1.165, 1.54) is 0 Å². The van der Waals surface area contributed by atoms with E-state index < -0.39 is 8.80 Å². The van der Waals surface area contributed by atoms with E-state index in [0.717, 1.165) is 0 Å². The number of rotatable bonds is 43. The smallest absolute Gasteiger partial charge is 0.382 e. The van der Waals surface area contributed by atoms with Gasteiger partial charge in [-0.05, 0) is 6.42 Å². The molecule has 0 saturated carbocycles. The summed E-state index contributed by atoms with van der Waals surface area (Å²) in [6, 6.07) is 0.543. The first kappa shape index (κ1) is 47.6. The summed E-state index contributed by atoms with van der Waals surface area (Å²) in [5.41, 5.74) is 0. The van der Waals surface area contributed by atoms with Crippen molar-refractivity contribution in [3.63, 3.8) is 0 Å².